The lowest BCUT2D eigenvalue weighted by atomic mass is 9.88. The minimum absolute atomic E-state index is 0.0171. The van der Waals surface area contributed by atoms with Gasteiger partial charge in [0.2, 0.25) is 0 Å². The monoisotopic (exact) mass is 704 g/mol. The van der Waals surface area contributed by atoms with E-state index in [1.165, 1.54) is 27.8 Å². The first kappa shape index (κ1) is 32.1. The Morgan fingerprint density at radius 3 is 2.26 bits per heavy atom. The third kappa shape index (κ3) is 5.05. The van der Waals surface area contributed by atoms with E-state index in [-0.39, 0.29) is 11.6 Å². The zero-order chi connectivity index (χ0) is 36.7. The third-order valence-corrected chi connectivity index (χ3v) is 10.9. The Morgan fingerprint density at radius 1 is 0.685 bits per heavy atom. The molecule has 0 saturated carbocycles. The second kappa shape index (κ2) is 12.0. The average Bonchev–Trinajstić information content (AvgIpc) is 3.84. The quantitative estimate of drug-likeness (QED) is 0.193. The minimum Gasteiger partial charge on any atom is -0.453 e. The van der Waals surface area contributed by atoms with E-state index in [0.29, 0.717) is 17.1 Å². The van der Waals surface area contributed by atoms with E-state index in [1.54, 1.807) is 0 Å². The van der Waals surface area contributed by atoms with Gasteiger partial charge >= 0.3 is 0 Å². The molecule has 0 radical (unpaired) electrons. The highest BCUT2D eigenvalue weighted by atomic mass is 16.5. The van der Waals surface area contributed by atoms with Gasteiger partial charge in [-0.1, -0.05) is 87.5 Å². The molecule has 4 heterocycles. The fraction of sp³-hybridized carbons (Fsp3) is 0.146. The van der Waals surface area contributed by atoms with E-state index in [4.69, 9.17) is 14.1 Å². The van der Waals surface area contributed by atoms with Gasteiger partial charge in [-0.2, -0.15) is 0 Å². The normalized spacial score (nSPS) is 14.3. The summed E-state index contributed by atoms with van der Waals surface area (Å²) >= 11 is 0. The molecule has 1 N–H and O–H groups in total. The lowest BCUT2D eigenvalue weighted by Crippen LogP contribution is -2.24. The average molecular weight is 705 g/mol. The van der Waals surface area contributed by atoms with Crippen molar-refractivity contribution in [2.45, 2.75) is 46.2 Å². The standard InChI is InChI=1S/C48H40N4O2/c1-29-13-12-14-30(2)45(29)52-40-19-10-8-17-38(40)50-47(52)31-25-37-36-16-7-11-20-42(36)54-46(37)43(26-31)53-33-21-22-35-34-15-6-9-18-39(34)51(41(35)28-33)44-27-32(23-24-49-44)48(3,4)5/h6-28,47,50H,1-5H3. The number of aryl methyl sites for hydroxylation is 2. The maximum atomic E-state index is 6.99. The number of anilines is 3. The van der Waals surface area contributed by atoms with E-state index in [1.807, 2.05) is 18.3 Å². The molecule has 1 atom stereocenters. The fourth-order valence-corrected chi connectivity index (χ4v) is 8.27. The number of furan rings is 1. The van der Waals surface area contributed by atoms with Crippen LogP contribution in [0, 0.1) is 13.8 Å². The van der Waals surface area contributed by atoms with Crippen molar-refractivity contribution < 1.29 is 9.15 Å². The second-order valence-corrected chi connectivity index (χ2v) is 15.5. The number of pyridine rings is 1. The maximum Gasteiger partial charge on any atom is 0.177 e. The number of fused-ring (bicyclic) bond motifs is 7. The molecular weight excluding hydrogens is 665 g/mol. The van der Waals surface area contributed by atoms with Gasteiger partial charge in [0.25, 0.3) is 0 Å². The van der Waals surface area contributed by atoms with Gasteiger partial charge < -0.3 is 19.4 Å². The number of benzene rings is 6. The molecule has 6 heteroatoms. The van der Waals surface area contributed by atoms with Gasteiger partial charge in [0.15, 0.2) is 11.3 Å². The van der Waals surface area contributed by atoms with Crippen LogP contribution >= 0.6 is 0 Å². The SMILES string of the molecule is Cc1cccc(C)c1N1c2ccccc2NC1c1cc(Oc2ccc3c4ccccc4n(-c4cc(C(C)(C)C)ccn4)c3c2)c2oc3ccccc3c2c1. The number of aromatic nitrogens is 2. The molecule has 0 spiro atoms. The van der Waals surface area contributed by atoms with Crippen molar-refractivity contribution in [2.75, 3.05) is 10.2 Å². The Balaban J connectivity index is 1.16. The molecule has 0 aliphatic carbocycles. The van der Waals surface area contributed by atoms with Gasteiger partial charge in [0.1, 0.15) is 23.3 Å². The van der Waals surface area contributed by atoms with Crippen LogP contribution in [0.4, 0.5) is 17.1 Å². The van der Waals surface area contributed by atoms with Gasteiger partial charge in [-0.3, -0.25) is 4.57 Å². The predicted octanol–water partition coefficient (Wildman–Crippen LogP) is 13.0. The summed E-state index contributed by atoms with van der Waals surface area (Å²) in [6.07, 6.45) is 1.73. The number of nitrogens with one attached hydrogen (secondary N) is 1. The number of para-hydroxylation sites is 5. The summed E-state index contributed by atoms with van der Waals surface area (Å²) in [6, 6.07) is 46.8. The highest BCUT2D eigenvalue weighted by Gasteiger charge is 2.34. The molecule has 1 aliphatic rings. The van der Waals surface area contributed by atoms with E-state index in [0.717, 1.165) is 55.5 Å². The third-order valence-electron chi connectivity index (χ3n) is 10.9. The van der Waals surface area contributed by atoms with Crippen LogP contribution in [0.25, 0.3) is 49.6 Å². The zero-order valence-electron chi connectivity index (χ0n) is 31.0. The first-order valence-electron chi connectivity index (χ1n) is 18.6. The van der Waals surface area contributed by atoms with Gasteiger partial charge in [-0.25, -0.2) is 4.98 Å². The molecule has 264 valence electrons. The highest BCUT2D eigenvalue weighted by Crippen LogP contribution is 2.50. The molecule has 10 rings (SSSR count). The first-order valence-corrected chi connectivity index (χ1v) is 18.6. The van der Waals surface area contributed by atoms with Crippen molar-refractivity contribution >= 4 is 60.8 Å². The molecule has 0 amide bonds. The summed E-state index contributed by atoms with van der Waals surface area (Å²) in [5.41, 5.74) is 11.8. The molecule has 1 aliphatic heterocycles. The molecule has 9 aromatic rings. The first-order chi connectivity index (χ1) is 26.2. The molecule has 6 nitrogen and oxygen atoms in total. The smallest absolute Gasteiger partial charge is 0.177 e. The maximum absolute atomic E-state index is 6.99. The molecule has 3 aromatic heterocycles. The van der Waals surface area contributed by atoms with Crippen molar-refractivity contribution in [1.82, 2.24) is 9.55 Å². The van der Waals surface area contributed by atoms with Crippen molar-refractivity contribution in [1.29, 1.82) is 0 Å². The summed E-state index contributed by atoms with van der Waals surface area (Å²) in [6.45, 7) is 11.1. The van der Waals surface area contributed by atoms with Crippen LogP contribution in [-0.4, -0.2) is 9.55 Å². The summed E-state index contributed by atoms with van der Waals surface area (Å²) in [7, 11) is 0. The van der Waals surface area contributed by atoms with Crippen LogP contribution in [0.1, 0.15) is 49.2 Å². The van der Waals surface area contributed by atoms with Crippen molar-refractivity contribution in [3.63, 3.8) is 0 Å². The summed E-state index contributed by atoms with van der Waals surface area (Å²) in [5.74, 6) is 2.25. The van der Waals surface area contributed by atoms with Gasteiger partial charge in [-0.05, 0) is 102 Å². The number of ether oxygens (including phenoxy) is 1. The molecule has 6 aromatic carbocycles. The lowest BCUT2D eigenvalue weighted by molar-refractivity contribution is 0.476. The largest absolute Gasteiger partial charge is 0.453 e. The number of hydrogen-bond acceptors (Lipinski definition) is 5. The zero-order valence-corrected chi connectivity index (χ0v) is 31.0. The topological polar surface area (TPSA) is 55.5 Å². The van der Waals surface area contributed by atoms with E-state index >= 15 is 0 Å². The van der Waals surface area contributed by atoms with Crippen LogP contribution < -0.4 is 15.0 Å². The van der Waals surface area contributed by atoms with Gasteiger partial charge in [-0.15, -0.1) is 0 Å². The van der Waals surface area contributed by atoms with Crippen molar-refractivity contribution in [3.05, 3.63) is 162 Å². The summed E-state index contributed by atoms with van der Waals surface area (Å²) < 4.78 is 15.8. The number of hydrogen-bond donors (Lipinski definition) is 1. The summed E-state index contributed by atoms with van der Waals surface area (Å²) in [5, 5.41) is 8.23. The van der Waals surface area contributed by atoms with Crippen LogP contribution in [0.5, 0.6) is 11.5 Å². The second-order valence-electron chi connectivity index (χ2n) is 15.5. The Labute approximate surface area is 314 Å². The van der Waals surface area contributed by atoms with Crippen molar-refractivity contribution in [3.8, 4) is 17.3 Å². The van der Waals surface area contributed by atoms with Crippen molar-refractivity contribution in [2.24, 2.45) is 0 Å². The van der Waals surface area contributed by atoms with Gasteiger partial charge in [0, 0.05) is 39.5 Å². The molecule has 1 unspecified atom stereocenters. The molecular formula is C48H40N4O2. The Kier molecular flexibility index (Phi) is 7.15. The van der Waals surface area contributed by atoms with Crippen LogP contribution in [0.15, 0.2) is 144 Å². The molecule has 0 saturated heterocycles. The van der Waals surface area contributed by atoms with Crippen LogP contribution in [0.2, 0.25) is 0 Å². The van der Waals surface area contributed by atoms with E-state index < -0.39 is 0 Å². The van der Waals surface area contributed by atoms with Gasteiger partial charge in [0.05, 0.1) is 22.4 Å². The van der Waals surface area contributed by atoms with E-state index in [9.17, 15) is 0 Å². The Bertz CT molecular complexity index is 2910. The molecule has 0 bridgehead atoms. The number of nitrogens with zero attached hydrogens (tertiary/aromatic N) is 3. The Hall–Kier alpha value is -6.53. The van der Waals surface area contributed by atoms with Crippen LogP contribution in [0.3, 0.4) is 0 Å². The molecule has 54 heavy (non-hydrogen) atoms. The fourth-order valence-electron chi connectivity index (χ4n) is 8.27. The highest BCUT2D eigenvalue weighted by molar-refractivity contribution is 6.10. The minimum atomic E-state index is -0.186. The van der Waals surface area contributed by atoms with Crippen LogP contribution in [-0.2, 0) is 5.41 Å². The molecule has 0 fully saturated rings. The summed E-state index contributed by atoms with van der Waals surface area (Å²) in [4.78, 5) is 7.31. The predicted molar refractivity (Wildman–Crippen MR) is 222 cm³/mol. The van der Waals surface area contributed by atoms with E-state index in [2.05, 4.69) is 171 Å². The number of rotatable bonds is 5. The lowest BCUT2D eigenvalue weighted by Gasteiger charge is -2.30. The Morgan fingerprint density at radius 2 is 1.43 bits per heavy atom.